The summed E-state index contributed by atoms with van der Waals surface area (Å²) in [6.45, 7) is 7.48. The fraction of sp³-hybridized carbons (Fsp3) is 0.453. The van der Waals surface area contributed by atoms with Gasteiger partial charge in [0.25, 0.3) is 5.91 Å². The fourth-order valence-electron chi connectivity index (χ4n) is 10.5. The molecule has 0 spiro atoms. The van der Waals surface area contributed by atoms with E-state index in [2.05, 4.69) is 49.9 Å². The lowest BCUT2D eigenvalue weighted by Crippen LogP contribution is -2.70. The predicted octanol–water partition coefficient (Wildman–Crippen LogP) is 10.2. The molecule has 2 aliphatic heterocycles. The van der Waals surface area contributed by atoms with Gasteiger partial charge in [0, 0.05) is 49.6 Å². The van der Waals surface area contributed by atoms with Crippen LogP contribution in [0.15, 0.2) is 114 Å². The van der Waals surface area contributed by atoms with Crippen molar-refractivity contribution in [3.05, 3.63) is 126 Å². The molecular formula is C53H61N3O8. The molecule has 0 bridgehead atoms. The SMILES string of the molecule is C=CCOC12Oc3ccc(Oc4ccc5ccccc5c4)cc3C3C(CCCCO)C(CCCCO)C=C(C(=NOC4CCCCO4)CC1N(CCC)C(=O)c1ccc(C#N)cc1)C32. The monoisotopic (exact) mass is 867 g/mol. The molecule has 0 aromatic heterocycles. The molecule has 336 valence electrons. The number of rotatable bonds is 19. The molecule has 7 atom stereocenters. The number of allylic oxidation sites excluding steroid dienone is 1. The minimum absolute atomic E-state index is 0.0562. The molecule has 64 heavy (non-hydrogen) atoms. The first-order valence-electron chi connectivity index (χ1n) is 23.2. The summed E-state index contributed by atoms with van der Waals surface area (Å²) in [5, 5.41) is 36.8. The summed E-state index contributed by atoms with van der Waals surface area (Å²) >= 11 is 0. The summed E-state index contributed by atoms with van der Waals surface area (Å²) in [6.07, 6.45) is 11.8. The average molecular weight is 868 g/mol. The topological polar surface area (TPSA) is 143 Å². The number of unbranched alkanes of at least 4 members (excludes halogenated alkanes) is 2. The number of aliphatic hydroxyl groups excluding tert-OH is 2. The normalized spacial score (nSPS) is 25.3. The number of ether oxygens (including phenoxy) is 4. The first-order valence-corrected chi connectivity index (χ1v) is 23.2. The van der Waals surface area contributed by atoms with Crippen molar-refractivity contribution in [2.24, 2.45) is 22.9 Å². The number of hydrogen-bond donors (Lipinski definition) is 2. The van der Waals surface area contributed by atoms with Gasteiger partial charge in [-0.3, -0.25) is 4.79 Å². The predicted molar refractivity (Wildman–Crippen MR) is 246 cm³/mol. The number of hydrogen-bond acceptors (Lipinski definition) is 10. The lowest BCUT2D eigenvalue weighted by molar-refractivity contribution is -0.254. The first-order chi connectivity index (χ1) is 31.4. The van der Waals surface area contributed by atoms with E-state index in [0.717, 1.165) is 78.3 Å². The fourth-order valence-corrected chi connectivity index (χ4v) is 10.5. The Labute approximate surface area is 376 Å². The Kier molecular flexibility index (Phi) is 14.8. The maximum atomic E-state index is 15.0. The Bertz CT molecular complexity index is 2350. The number of fused-ring (bicyclic) bond motifs is 3. The van der Waals surface area contributed by atoms with Crippen LogP contribution in [0.4, 0.5) is 0 Å². The van der Waals surface area contributed by atoms with Crippen molar-refractivity contribution in [2.45, 2.75) is 102 Å². The van der Waals surface area contributed by atoms with Gasteiger partial charge in [-0.25, -0.2) is 0 Å². The van der Waals surface area contributed by atoms with Gasteiger partial charge in [-0.1, -0.05) is 67.4 Å². The molecule has 4 aliphatic rings. The number of benzene rings is 4. The molecule has 0 radical (unpaired) electrons. The maximum Gasteiger partial charge on any atom is 0.254 e. The van der Waals surface area contributed by atoms with Crippen LogP contribution in [0.2, 0.25) is 0 Å². The van der Waals surface area contributed by atoms with Crippen LogP contribution in [0.3, 0.4) is 0 Å². The number of nitriles is 1. The highest BCUT2D eigenvalue weighted by molar-refractivity contribution is 6.03. The number of nitrogens with zero attached hydrogens (tertiary/aromatic N) is 3. The zero-order valence-corrected chi connectivity index (χ0v) is 36.9. The van der Waals surface area contributed by atoms with Crippen molar-refractivity contribution in [3.63, 3.8) is 0 Å². The Morgan fingerprint density at radius 3 is 2.47 bits per heavy atom. The molecule has 1 amide bonds. The minimum atomic E-state index is -1.40. The van der Waals surface area contributed by atoms with E-state index in [9.17, 15) is 15.5 Å². The van der Waals surface area contributed by atoms with Gasteiger partial charge in [-0.05, 0) is 128 Å². The number of carbonyl (C=O) groups is 1. The van der Waals surface area contributed by atoms with Gasteiger partial charge in [-0.2, -0.15) is 5.26 Å². The average Bonchev–Trinajstić information content (AvgIpc) is 3.33. The highest BCUT2D eigenvalue weighted by Crippen LogP contribution is 2.62. The zero-order chi connectivity index (χ0) is 44.5. The van der Waals surface area contributed by atoms with E-state index in [1.54, 1.807) is 30.3 Å². The number of oxime groups is 1. The van der Waals surface area contributed by atoms with E-state index in [1.807, 2.05) is 41.3 Å². The third kappa shape index (κ3) is 9.48. The summed E-state index contributed by atoms with van der Waals surface area (Å²) in [7, 11) is 0. The zero-order valence-electron chi connectivity index (χ0n) is 36.9. The van der Waals surface area contributed by atoms with Crippen LogP contribution in [0, 0.1) is 29.1 Å². The molecule has 1 saturated heterocycles. The molecule has 2 aliphatic carbocycles. The number of amides is 1. The molecule has 11 nitrogen and oxygen atoms in total. The van der Waals surface area contributed by atoms with Crippen LogP contribution in [0.25, 0.3) is 10.8 Å². The van der Waals surface area contributed by atoms with Crippen LogP contribution >= 0.6 is 0 Å². The minimum Gasteiger partial charge on any atom is -0.459 e. The van der Waals surface area contributed by atoms with Gasteiger partial charge >= 0.3 is 0 Å². The van der Waals surface area contributed by atoms with Crippen molar-refractivity contribution in [1.29, 1.82) is 5.26 Å². The van der Waals surface area contributed by atoms with Gasteiger partial charge in [0.05, 0.1) is 36.5 Å². The van der Waals surface area contributed by atoms with Crippen LogP contribution in [0.5, 0.6) is 17.2 Å². The Balaban J connectivity index is 1.32. The largest absolute Gasteiger partial charge is 0.459 e. The van der Waals surface area contributed by atoms with E-state index in [1.165, 1.54) is 0 Å². The second-order valence-electron chi connectivity index (χ2n) is 17.5. The van der Waals surface area contributed by atoms with Gasteiger partial charge in [0.1, 0.15) is 23.3 Å². The standard InChI is InChI=1S/C53H61N3O8/c1-3-26-56(52(59)38-20-18-36(35-54)19-21-38)48-34-46(55-64-49-17-9-12-30-60-49)44-32-40(15-7-10-27-57)43(16-8-11-28-58)50-45-33-42(62-41-23-22-37-13-5-6-14-39(37)31-41)24-25-47(45)63-53(48,51(44)50)61-29-4-2/h4-6,13-14,18-25,31-33,40,43,48-51,57-58H,2-3,7-12,15-17,26-30,34H2,1H3. The number of carbonyl (C=O) groups excluding carboxylic acids is 1. The second-order valence-corrected chi connectivity index (χ2v) is 17.5. The highest BCUT2D eigenvalue weighted by Gasteiger charge is 2.65. The smallest absolute Gasteiger partial charge is 0.254 e. The van der Waals surface area contributed by atoms with E-state index in [0.29, 0.717) is 55.0 Å². The van der Waals surface area contributed by atoms with Crippen molar-refractivity contribution in [1.82, 2.24) is 4.90 Å². The van der Waals surface area contributed by atoms with Crippen molar-refractivity contribution in [2.75, 3.05) is 33.0 Å². The third-order valence-corrected chi connectivity index (χ3v) is 13.4. The molecule has 2 fully saturated rings. The summed E-state index contributed by atoms with van der Waals surface area (Å²) in [5.41, 5.74) is 3.58. The summed E-state index contributed by atoms with van der Waals surface area (Å²) in [5.74, 6) is -0.111. The summed E-state index contributed by atoms with van der Waals surface area (Å²) < 4.78 is 27.3. The van der Waals surface area contributed by atoms with E-state index >= 15 is 4.79 Å². The molecule has 8 rings (SSSR count). The highest BCUT2D eigenvalue weighted by atomic mass is 16.8. The Hall–Kier alpha value is -5.51. The lowest BCUT2D eigenvalue weighted by atomic mass is 9.55. The molecule has 2 heterocycles. The third-order valence-electron chi connectivity index (χ3n) is 13.4. The molecule has 1 saturated carbocycles. The number of aliphatic hydroxyl groups is 2. The van der Waals surface area contributed by atoms with Crippen molar-refractivity contribution in [3.8, 4) is 23.3 Å². The quantitative estimate of drug-likeness (QED) is 0.0535. The Morgan fingerprint density at radius 1 is 0.969 bits per heavy atom. The van der Waals surface area contributed by atoms with Gasteiger partial charge in [0.15, 0.2) is 0 Å². The summed E-state index contributed by atoms with van der Waals surface area (Å²) in [6, 6.07) is 28.6. The molecule has 4 aromatic rings. The van der Waals surface area contributed by atoms with Gasteiger partial charge in [-0.15, -0.1) is 6.58 Å². The van der Waals surface area contributed by atoms with Crippen LogP contribution < -0.4 is 9.47 Å². The molecular weight excluding hydrogens is 807 g/mol. The second kappa shape index (κ2) is 21.0. The van der Waals surface area contributed by atoms with Crippen molar-refractivity contribution >= 4 is 22.4 Å². The van der Waals surface area contributed by atoms with E-state index < -0.39 is 24.0 Å². The molecule has 11 heteroatoms. The van der Waals surface area contributed by atoms with Gasteiger partial charge < -0.3 is 38.9 Å². The first kappa shape index (κ1) is 45.1. The van der Waals surface area contributed by atoms with Crippen molar-refractivity contribution < 1.29 is 38.8 Å². The van der Waals surface area contributed by atoms with Crippen LogP contribution in [0.1, 0.15) is 105 Å². The molecule has 4 aromatic carbocycles. The van der Waals surface area contributed by atoms with Crippen LogP contribution in [-0.4, -0.2) is 77.8 Å². The van der Waals surface area contributed by atoms with Gasteiger partial charge in [0.2, 0.25) is 12.1 Å². The lowest BCUT2D eigenvalue weighted by Gasteiger charge is -2.60. The molecule has 7 unspecified atom stereocenters. The molecule has 2 N–H and O–H groups in total. The van der Waals surface area contributed by atoms with Crippen LogP contribution in [-0.2, 0) is 14.3 Å². The Morgan fingerprint density at radius 2 is 1.73 bits per heavy atom. The summed E-state index contributed by atoms with van der Waals surface area (Å²) in [4.78, 5) is 23.2. The van der Waals surface area contributed by atoms with E-state index in [-0.39, 0.29) is 49.9 Å². The van der Waals surface area contributed by atoms with E-state index in [4.69, 9.17) is 28.9 Å². The maximum absolute atomic E-state index is 15.0.